The standard InChI is InChI=1S/C17H19N5/c1-2-7-14-13(6-1)21-10-5-11-22(14)17-15(21)12-16(18-19-17)20-8-3-4-9-20/h1-2,6-7,12H,3-5,8-11H2. The predicted octanol–water partition coefficient (Wildman–Crippen LogP) is 3.07. The fourth-order valence-electron chi connectivity index (χ4n) is 3.88. The van der Waals surface area contributed by atoms with Crippen molar-refractivity contribution in [3.05, 3.63) is 30.3 Å². The molecule has 5 heteroatoms. The summed E-state index contributed by atoms with van der Waals surface area (Å²) in [6.45, 7) is 4.27. The van der Waals surface area contributed by atoms with Gasteiger partial charge in [0.05, 0.1) is 17.1 Å². The van der Waals surface area contributed by atoms with Gasteiger partial charge in [-0.25, -0.2) is 0 Å². The zero-order valence-electron chi connectivity index (χ0n) is 12.6. The minimum absolute atomic E-state index is 1.01. The highest BCUT2D eigenvalue weighted by Gasteiger charge is 2.33. The van der Waals surface area contributed by atoms with Gasteiger partial charge in [-0.2, -0.15) is 0 Å². The van der Waals surface area contributed by atoms with Crippen molar-refractivity contribution in [1.82, 2.24) is 10.2 Å². The maximum atomic E-state index is 4.60. The number of nitrogens with zero attached hydrogens (tertiary/aromatic N) is 5. The summed E-state index contributed by atoms with van der Waals surface area (Å²) in [7, 11) is 0. The largest absolute Gasteiger partial charge is 0.355 e. The molecule has 0 atom stereocenters. The van der Waals surface area contributed by atoms with Crippen molar-refractivity contribution in [3.63, 3.8) is 0 Å². The van der Waals surface area contributed by atoms with E-state index in [0.717, 1.165) is 44.2 Å². The molecule has 0 spiro atoms. The van der Waals surface area contributed by atoms with E-state index in [1.807, 2.05) is 0 Å². The average molecular weight is 293 g/mol. The van der Waals surface area contributed by atoms with Gasteiger partial charge in [0.25, 0.3) is 0 Å². The van der Waals surface area contributed by atoms with Gasteiger partial charge in [-0.05, 0) is 31.4 Å². The first-order chi connectivity index (χ1) is 10.9. The molecule has 0 unspecified atom stereocenters. The molecule has 4 aliphatic heterocycles. The lowest BCUT2D eigenvalue weighted by atomic mass is 10.1. The monoisotopic (exact) mass is 293 g/mol. The SMILES string of the molecule is c1ccc2c(c1)N1CCCN2c2nnc(N3CCCC3)cc21. The lowest BCUT2D eigenvalue weighted by Crippen LogP contribution is -2.27. The molecule has 22 heavy (non-hydrogen) atoms. The molecule has 5 heterocycles. The Kier molecular flexibility index (Phi) is 2.56. The summed E-state index contributed by atoms with van der Waals surface area (Å²) in [5, 5.41) is 9.11. The van der Waals surface area contributed by atoms with Crippen molar-refractivity contribution in [3.8, 4) is 0 Å². The minimum atomic E-state index is 1.01. The second-order valence-electron chi connectivity index (χ2n) is 6.25. The van der Waals surface area contributed by atoms with Gasteiger partial charge in [0.15, 0.2) is 11.6 Å². The van der Waals surface area contributed by atoms with Crippen LogP contribution in [0.5, 0.6) is 0 Å². The van der Waals surface area contributed by atoms with Crippen LogP contribution in [0.1, 0.15) is 19.3 Å². The van der Waals surface area contributed by atoms with E-state index in [0.29, 0.717) is 0 Å². The van der Waals surface area contributed by atoms with Gasteiger partial charge < -0.3 is 14.7 Å². The molecule has 1 fully saturated rings. The van der Waals surface area contributed by atoms with Crippen LogP contribution in [0, 0.1) is 0 Å². The number of hydrogen-bond acceptors (Lipinski definition) is 5. The van der Waals surface area contributed by atoms with Crippen LogP contribution in [-0.4, -0.2) is 36.4 Å². The molecule has 6 rings (SSSR count). The highest BCUT2D eigenvalue weighted by Crippen LogP contribution is 2.49. The number of fused-ring (bicyclic) bond motifs is 2. The molecule has 0 radical (unpaired) electrons. The van der Waals surface area contributed by atoms with E-state index in [2.05, 4.69) is 55.2 Å². The Balaban J connectivity index is 1.66. The summed E-state index contributed by atoms with van der Waals surface area (Å²) < 4.78 is 0. The topological polar surface area (TPSA) is 35.5 Å². The van der Waals surface area contributed by atoms with E-state index in [-0.39, 0.29) is 0 Å². The van der Waals surface area contributed by atoms with Crippen LogP contribution in [0.25, 0.3) is 0 Å². The van der Waals surface area contributed by atoms with Crippen LogP contribution in [0.2, 0.25) is 0 Å². The van der Waals surface area contributed by atoms with Crippen LogP contribution < -0.4 is 14.7 Å². The number of benzene rings is 1. The molecular formula is C17H19N5. The van der Waals surface area contributed by atoms with Crippen LogP contribution >= 0.6 is 0 Å². The van der Waals surface area contributed by atoms with E-state index >= 15 is 0 Å². The van der Waals surface area contributed by atoms with Crippen LogP contribution in [0.15, 0.2) is 30.3 Å². The molecule has 1 saturated heterocycles. The molecule has 112 valence electrons. The smallest absolute Gasteiger partial charge is 0.179 e. The second-order valence-corrected chi connectivity index (χ2v) is 6.25. The summed E-state index contributed by atoms with van der Waals surface area (Å²) >= 11 is 0. The quantitative estimate of drug-likeness (QED) is 0.807. The molecule has 0 amide bonds. The van der Waals surface area contributed by atoms with Crippen molar-refractivity contribution < 1.29 is 0 Å². The van der Waals surface area contributed by atoms with Gasteiger partial charge in [0.2, 0.25) is 0 Å². The van der Waals surface area contributed by atoms with Gasteiger partial charge in [0, 0.05) is 32.2 Å². The summed E-state index contributed by atoms with van der Waals surface area (Å²) in [5.74, 6) is 2.04. The molecule has 5 nitrogen and oxygen atoms in total. The molecular weight excluding hydrogens is 274 g/mol. The Morgan fingerprint density at radius 1 is 0.727 bits per heavy atom. The van der Waals surface area contributed by atoms with Gasteiger partial charge in [0.1, 0.15) is 0 Å². The zero-order valence-corrected chi connectivity index (χ0v) is 12.6. The van der Waals surface area contributed by atoms with Crippen molar-refractivity contribution in [2.45, 2.75) is 19.3 Å². The molecule has 1 aromatic heterocycles. The molecule has 0 N–H and O–H groups in total. The molecule has 0 saturated carbocycles. The maximum absolute atomic E-state index is 4.60. The highest BCUT2D eigenvalue weighted by atomic mass is 15.4. The zero-order chi connectivity index (χ0) is 14.5. The average Bonchev–Trinajstić information content (AvgIpc) is 2.96. The first-order valence-electron chi connectivity index (χ1n) is 8.18. The normalized spacial score (nSPS) is 19.2. The van der Waals surface area contributed by atoms with Crippen LogP contribution in [0.3, 0.4) is 0 Å². The molecule has 4 aliphatic rings. The van der Waals surface area contributed by atoms with Crippen molar-refractivity contribution in [2.75, 3.05) is 40.9 Å². The third-order valence-corrected chi connectivity index (χ3v) is 4.95. The van der Waals surface area contributed by atoms with E-state index in [4.69, 9.17) is 0 Å². The van der Waals surface area contributed by atoms with E-state index < -0.39 is 0 Å². The highest BCUT2D eigenvalue weighted by molar-refractivity contribution is 5.92. The minimum Gasteiger partial charge on any atom is -0.355 e. The summed E-state index contributed by atoms with van der Waals surface area (Å²) in [4.78, 5) is 7.10. The number of aromatic nitrogens is 2. The molecule has 2 aromatic rings. The summed E-state index contributed by atoms with van der Waals surface area (Å²) in [6, 6.07) is 10.9. The Morgan fingerprint density at radius 2 is 1.45 bits per heavy atom. The van der Waals surface area contributed by atoms with Gasteiger partial charge in [-0.3, -0.25) is 0 Å². The van der Waals surface area contributed by atoms with Gasteiger partial charge in [-0.15, -0.1) is 10.2 Å². The van der Waals surface area contributed by atoms with E-state index in [1.54, 1.807) is 0 Å². The summed E-state index contributed by atoms with van der Waals surface area (Å²) in [5.41, 5.74) is 3.77. The molecule has 0 aliphatic carbocycles. The molecule has 2 bridgehead atoms. The van der Waals surface area contributed by atoms with E-state index in [9.17, 15) is 0 Å². The number of rotatable bonds is 1. The van der Waals surface area contributed by atoms with E-state index in [1.165, 1.54) is 29.9 Å². The summed E-state index contributed by atoms with van der Waals surface area (Å²) in [6.07, 6.45) is 3.67. The maximum Gasteiger partial charge on any atom is 0.179 e. The van der Waals surface area contributed by atoms with Gasteiger partial charge in [-0.1, -0.05) is 12.1 Å². The molecule has 1 aromatic carbocycles. The third kappa shape index (κ3) is 1.65. The van der Waals surface area contributed by atoms with Crippen molar-refractivity contribution in [2.24, 2.45) is 0 Å². The van der Waals surface area contributed by atoms with Crippen molar-refractivity contribution >= 4 is 28.7 Å². The predicted molar refractivity (Wildman–Crippen MR) is 88.6 cm³/mol. The first kappa shape index (κ1) is 12.3. The van der Waals surface area contributed by atoms with Crippen LogP contribution in [-0.2, 0) is 0 Å². The van der Waals surface area contributed by atoms with Crippen molar-refractivity contribution in [1.29, 1.82) is 0 Å². The Bertz CT molecular complexity index is 723. The number of para-hydroxylation sites is 2. The first-order valence-corrected chi connectivity index (χ1v) is 8.18. The Labute approximate surface area is 130 Å². The number of anilines is 5. The lowest BCUT2D eigenvalue weighted by molar-refractivity contribution is 0.841. The third-order valence-electron chi connectivity index (χ3n) is 4.95. The number of hydrogen-bond donors (Lipinski definition) is 0. The fourth-order valence-corrected chi connectivity index (χ4v) is 3.88. The second kappa shape index (κ2) is 4.60. The lowest BCUT2D eigenvalue weighted by Gasteiger charge is -2.35. The Morgan fingerprint density at radius 3 is 2.27 bits per heavy atom. The fraction of sp³-hybridized carbons (Fsp3) is 0.412. The Hall–Kier alpha value is -2.30. The van der Waals surface area contributed by atoms with Crippen LogP contribution in [0.4, 0.5) is 28.7 Å². The van der Waals surface area contributed by atoms with Gasteiger partial charge >= 0.3 is 0 Å².